The summed E-state index contributed by atoms with van der Waals surface area (Å²) < 4.78 is 21.7. The lowest BCUT2D eigenvalue weighted by Gasteiger charge is -2.34. The van der Waals surface area contributed by atoms with E-state index in [4.69, 9.17) is 18.9 Å². The highest BCUT2D eigenvalue weighted by molar-refractivity contribution is 5.86. The van der Waals surface area contributed by atoms with Gasteiger partial charge in [-0.3, -0.25) is 9.59 Å². The van der Waals surface area contributed by atoms with E-state index < -0.39 is 17.5 Å². The first-order valence-corrected chi connectivity index (χ1v) is 9.38. The molecule has 0 fully saturated rings. The van der Waals surface area contributed by atoms with Gasteiger partial charge in [-0.25, -0.2) is 0 Å². The van der Waals surface area contributed by atoms with Crippen LogP contribution in [-0.4, -0.2) is 43.6 Å². The molecule has 2 aromatic carbocycles. The highest BCUT2D eigenvalue weighted by atomic mass is 16.5. The molecule has 0 amide bonds. The van der Waals surface area contributed by atoms with Crippen molar-refractivity contribution in [1.29, 1.82) is 0 Å². The Kier molecular flexibility index (Phi) is 6.81. The topological polar surface area (TPSA) is 96.8 Å². The van der Waals surface area contributed by atoms with Gasteiger partial charge in [0, 0.05) is 5.56 Å². The molecule has 2 atom stereocenters. The summed E-state index contributed by atoms with van der Waals surface area (Å²) in [5.74, 6) is -1.48. The number of esters is 1. The molecule has 0 aliphatic rings. The molecular formula is C23H22N2O6. The molecule has 0 aliphatic carbocycles. The molecular weight excluding hydrogens is 400 g/mol. The fourth-order valence-corrected chi connectivity index (χ4v) is 3.18. The third-order valence-electron chi connectivity index (χ3n) is 4.67. The van der Waals surface area contributed by atoms with E-state index in [1.54, 1.807) is 54.6 Å². The van der Waals surface area contributed by atoms with Gasteiger partial charge < -0.3 is 18.9 Å². The number of carbonyl (C=O) groups is 2. The van der Waals surface area contributed by atoms with Crippen LogP contribution >= 0.6 is 0 Å². The summed E-state index contributed by atoms with van der Waals surface area (Å²) in [5, 5.41) is 0. The van der Waals surface area contributed by atoms with Crippen LogP contribution in [0.4, 0.5) is 0 Å². The van der Waals surface area contributed by atoms with Crippen LogP contribution in [0.15, 0.2) is 66.7 Å². The minimum atomic E-state index is -1.83. The van der Waals surface area contributed by atoms with Gasteiger partial charge in [0.05, 0.1) is 27.4 Å². The molecule has 8 nitrogen and oxygen atoms in total. The molecule has 3 rings (SSSR count). The molecule has 3 aromatic rings. The summed E-state index contributed by atoms with van der Waals surface area (Å²) in [5.41, 5.74) is -1.40. The normalized spacial score (nSPS) is 13.4. The number of para-hydroxylation sites is 1. The number of rotatable bonds is 9. The van der Waals surface area contributed by atoms with Crippen LogP contribution in [0.1, 0.15) is 17.3 Å². The second-order valence-corrected chi connectivity index (χ2v) is 6.46. The van der Waals surface area contributed by atoms with E-state index in [-0.39, 0.29) is 17.6 Å². The molecule has 0 saturated heterocycles. The molecule has 160 valence electrons. The Morgan fingerprint density at radius 2 is 1.45 bits per heavy atom. The molecule has 0 N–H and O–H groups in total. The van der Waals surface area contributed by atoms with Crippen LogP contribution in [0.3, 0.4) is 0 Å². The quantitative estimate of drug-likeness (QED) is 0.384. The fourth-order valence-electron chi connectivity index (χ4n) is 3.18. The third kappa shape index (κ3) is 4.48. The Morgan fingerprint density at radius 3 is 1.94 bits per heavy atom. The maximum atomic E-state index is 13.1. The number of hydrogen-bond acceptors (Lipinski definition) is 8. The van der Waals surface area contributed by atoms with Crippen LogP contribution in [0.2, 0.25) is 0 Å². The van der Waals surface area contributed by atoms with Gasteiger partial charge in [-0.05, 0) is 12.1 Å². The zero-order chi connectivity index (χ0) is 22.3. The number of ether oxygens (including phenoxy) is 4. The van der Waals surface area contributed by atoms with Crippen molar-refractivity contribution in [2.75, 3.05) is 21.3 Å². The van der Waals surface area contributed by atoms with Crippen molar-refractivity contribution in [1.82, 2.24) is 9.97 Å². The maximum absolute atomic E-state index is 13.1. The Bertz CT molecular complexity index is 1010. The van der Waals surface area contributed by atoms with E-state index in [0.29, 0.717) is 17.6 Å². The first kappa shape index (κ1) is 21.8. The molecule has 1 heterocycles. The molecule has 0 spiro atoms. The monoisotopic (exact) mass is 422 g/mol. The average Bonchev–Trinajstić information content (AvgIpc) is 2.84. The van der Waals surface area contributed by atoms with E-state index in [9.17, 15) is 9.59 Å². The summed E-state index contributed by atoms with van der Waals surface area (Å²) >= 11 is 0. The van der Waals surface area contributed by atoms with Gasteiger partial charge in [0.15, 0.2) is 18.0 Å². The smallest absolute Gasteiger partial charge is 0.321 e. The Balaban J connectivity index is 2.29. The van der Waals surface area contributed by atoms with E-state index in [0.717, 1.165) is 0 Å². The summed E-state index contributed by atoms with van der Waals surface area (Å²) in [6.45, 7) is 0. The second-order valence-electron chi connectivity index (χ2n) is 6.46. The van der Waals surface area contributed by atoms with Crippen LogP contribution in [0.25, 0.3) is 0 Å². The van der Waals surface area contributed by atoms with Crippen LogP contribution in [0.5, 0.6) is 17.5 Å². The predicted octanol–water partition coefficient (Wildman–Crippen LogP) is 2.92. The third-order valence-corrected chi connectivity index (χ3v) is 4.67. The van der Waals surface area contributed by atoms with Crippen molar-refractivity contribution in [3.63, 3.8) is 0 Å². The lowest BCUT2D eigenvalue weighted by atomic mass is 9.81. The first-order valence-electron chi connectivity index (χ1n) is 9.38. The Morgan fingerprint density at radius 1 is 0.903 bits per heavy atom. The molecule has 0 aliphatic heterocycles. The summed E-state index contributed by atoms with van der Waals surface area (Å²) in [4.78, 5) is 34.4. The van der Waals surface area contributed by atoms with E-state index in [1.807, 2.05) is 6.07 Å². The summed E-state index contributed by atoms with van der Waals surface area (Å²) in [6, 6.07) is 18.8. The molecule has 8 heteroatoms. The lowest BCUT2D eigenvalue weighted by molar-refractivity contribution is -0.152. The van der Waals surface area contributed by atoms with Crippen LogP contribution < -0.4 is 14.2 Å². The number of aromatic nitrogens is 2. The Labute approximate surface area is 179 Å². The molecule has 0 saturated carbocycles. The minimum absolute atomic E-state index is 0.0464. The van der Waals surface area contributed by atoms with Gasteiger partial charge in [0.2, 0.25) is 17.4 Å². The fraction of sp³-hybridized carbons (Fsp3) is 0.217. The standard InChI is InChI=1S/C23H22N2O6/c1-28-18-14-19(29-2)25-21(24-18)20(22(27)30-3)23(15-26,16-10-6-4-7-11-16)31-17-12-8-5-9-13-17/h4-15,20H,1-3H3. The van der Waals surface area contributed by atoms with Gasteiger partial charge in [-0.1, -0.05) is 48.5 Å². The van der Waals surface area contributed by atoms with Gasteiger partial charge in [0.1, 0.15) is 5.75 Å². The van der Waals surface area contributed by atoms with Gasteiger partial charge in [0.25, 0.3) is 0 Å². The highest BCUT2D eigenvalue weighted by Gasteiger charge is 2.51. The van der Waals surface area contributed by atoms with Crippen LogP contribution in [-0.2, 0) is 19.9 Å². The number of methoxy groups -OCH3 is 3. The van der Waals surface area contributed by atoms with Crippen molar-refractivity contribution in [2.45, 2.75) is 11.5 Å². The highest BCUT2D eigenvalue weighted by Crippen LogP contribution is 2.40. The number of aldehydes is 1. The molecule has 0 bridgehead atoms. The summed E-state index contributed by atoms with van der Waals surface area (Å²) in [7, 11) is 4.06. The molecule has 31 heavy (non-hydrogen) atoms. The predicted molar refractivity (Wildman–Crippen MR) is 111 cm³/mol. The molecule has 2 unspecified atom stereocenters. The van der Waals surface area contributed by atoms with Crippen molar-refractivity contribution in [3.05, 3.63) is 78.1 Å². The maximum Gasteiger partial charge on any atom is 0.321 e. The molecule has 1 aromatic heterocycles. The number of carbonyl (C=O) groups excluding carboxylic acids is 2. The van der Waals surface area contributed by atoms with Crippen LogP contribution in [0, 0.1) is 0 Å². The van der Waals surface area contributed by atoms with Gasteiger partial charge >= 0.3 is 5.97 Å². The number of hydrogen-bond donors (Lipinski definition) is 0. The molecule has 0 radical (unpaired) electrons. The second kappa shape index (κ2) is 9.71. The first-order chi connectivity index (χ1) is 15.1. The number of nitrogens with zero attached hydrogens (tertiary/aromatic N) is 2. The lowest BCUT2D eigenvalue weighted by Crippen LogP contribution is -2.46. The zero-order valence-corrected chi connectivity index (χ0v) is 17.3. The van der Waals surface area contributed by atoms with E-state index in [1.165, 1.54) is 27.4 Å². The van der Waals surface area contributed by atoms with Crippen molar-refractivity contribution in [3.8, 4) is 17.5 Å². The van der Waals surface area contributed by atoms with E-state index >= 15 is 0 Å². The SMILES string of the molecule is COC(=O)C(c1nc(OC)cc(OC)n1)C(C=O)(Oc1ccccc1)c1ccccc1. The largest absolute Gasteiger partial charge is 0.481 e. The average molecular weight is 422 g/mol. The zero-order valence-electron chi connectivity index (χ0n) is 17.3. The van der Waals surface area contributed by atoms with Gasteiger partial charge in [-0.2, -0.15) is 9.97 Å². The van der Waals surface area contributed by atoms with E-state index in [2.05, 4.69) is 9.97 Å². The van der Waals surface area contributed by atoms with Crippen molar-refractivity contribution >= 4 is 12.3 Å². The minimum Gasteiger partial charge on any atom is -0.481 e. The Hall–Kier alpha value is -3.94. The number of benzene rings is 2. The van der Waals surface area contributed by atoms with Gasteiger partial charge in [-0.15, -0.1) is 0 Å². The summed E-state index contributed by atoms with van der Waals surface area (Å²) in [6.07, 6.45) is 0.562. The van der Waals surface area contributed by atoms with Crippen molar-refractivity contribution in [2.24, 2.45) is 0 Å². The van der Waals surface area contributed by atoms with Crippen molar-refractivity contribution < 1.29 is 28.5 Å².